The zero-order valence-corrected chi connectivity index (χ0v) is 13.7. The topological polar surface area (TPSA) is 89.6 Å². The van der Waals surface area contributed by atoms with E-state index >= 15 is 0 Å². The number of benzene rings is 1. The Morgan fingerprint density at radius 1 is 1.21 bits per heavy atom. The van der Waals surface area contributed by atoms with Gasteiger partial charge < -0.3 is 14.8 Å². The Labute approximate surface area is 143 Å². The Balaban J connectivity index is 2.04. The second kappa shape index (κ2) is 8.73. The summed E-state index contributed by atoms with van der Waals surface area (Å²) in [4.78, 5) is 27.4. The fourth-order valence-corrected chi connectivity index (χ4v) is 1.86. The molecule has 0 radical (unpaired) electrons. The average Bonchev–Trinajstić information content (AvgIpc) is 2.62. The van der Waals surface area contributed by atoms with Crippen LogP contribution in [0.3, 0.4) is 0 Å². The summed E-state index contributed by atoms with van der Waals surface area (Å²) in [6, 6.07) is 10.8. The van der Waals surface area contributed by atoms with E-state index in [4.69, 9.17) is 21.1 Å². The van der Waals surface area contributed by atoms with E-state index < -0.39 is 12.0 Å². The van der Waals surface area contributed by atoms with Gasteiger partial charge in [0.15, 0.2) is 5.82 Å². The van der Waals surface area contributed by atoms with Gasteiger partial charge in [0.05, 0.1) is 19.0 Å². The first-order chi connectivity index (χ1) is 11.6. The molecule has 0 saturated carbocycles. The predicted octanol–water partition coefficient (Wildman–Crippen LogP) is 3.02. The van der Waals surface area contributed by atoms with Crippen LogP contribution in [0.1, 0.15) is 5.56 Å². The molecule has 0 spiro atoms. The smallest absolute Gasteiger partial charge is 0.413 e. The summed E-state index contributed by atoms with van der Waals surface area (Å²) in [5.74, 6) is -0.113. The van der Waals surface area contributed by atoms with Gasteiger partial charge in [-0.15, -0.1) is 11.6 Å². The van der Waals surface area contributed by atoms with Crippen LogP contribution in [0.15, 0.2) is 42.6 Å². The molecule has 1 aromatic heterocycles. The van der Waals surface area contributed by atoms with Crippen LogP contribution in [0.2, 0.25) is 0 Å². The largest absolute Gasteiger partial charge is 0.495 e. The van der Waals surface area contributed by atoms with Crippen molar-refractivity contribution in [3.05, 3.63) is 48.2 Å². The molecule has 0 aliphatic carbocycles. The maximum atomic E-state index is 11.9. The van der Waals surface area contributed by atoms with Crippen LogP contribution in [0.4, 0.5) is 16.3 Å². The molecule has 2 N–H and O–H groups in total. The molecular weight excluding hydrogens is 334 g/mol. The first kappa shape index (κ1) is 17.6. The fourth-order valence-electron chi connectivity index (χ4n) is 1.79. The Morgan fingerprint density at radius 2 is 1.96 bits per heavy atom. The number of halogens is 1. The van der Waals surface area contributed by atoms with E-state index in [1.165, 1.54) is 19.4 Å². The molecule has 2 rings (SSSR count). The lowest BCUT2D eigenvalue weighted by Crippen LogP contribution is -2.19. The second-order valence-electron chi connectivity index (χ2n) is 4.64. The molecule has 24 heavy (non-hydrogen) atoms. The van der Waals surface area contributed by atoms with E-state index in [0.29, 0.717) is 5.75 Å². The van der Waals surface area contributed by atoms with Gasteiger partial charge in [-0.05, 0) is 5.56 Å². The van der Waals surface area contributed by atoms with Crippen molar-refractivity contribution in [1.29, 1.82) is 0 Å². The van der Waals surface area contributed by atoms with Gasteiger partial charge in [0.1, 0.15) is 18.2 Å². The lowest BCUT2D eigenvalue weighted by Gasteiger charge is -2.12. The Kier molecular flexibility index (Phi) is 6.39. The molecule has 0 saturated heterocycles. The van der Waals surface area contributed by atoms with Crippen LogP contribution in [-0.4, -0.2) is 30.0 Å². The number of ether oxygens (including phenoxy) is 2. The fraction of sp³-hybridized carbons (Fsp3) is 0.188. The molecule has 2 amide bonds. The minimum atomic E-state index is -0.696. The second-order valence-corrected chi connectivity index (χ2v) is 4.91. The number of carbonyl (C=O) groups is 2. The molecule has 2 aromatic rings. The highest BCUT2D eigenvalue weighted by atomic mass is 35.5. The summed E-state index contributed by atoms with van der Waals surface area (Å²) < 4.78 is 10.2. The van der Waals surface area contributed by atoms with Crippen molar-refractivity contribution in [1.82, 2.24) is 4.98 Å². The third-order valence-corrected chi connectivity index (χ3v) is 3.17. The summed E-state index contributed by atoms with van der Waals surface area (Å²) >= 11 is 5.48. The zero-order valence-electron chi connectivity index (χ0n) is 12.9. The van der Waals surface area contributed by atoms with E-state index in [1.54, 1.807) is 0 Å². The number of rotatable bonds is 6. The molecule has 0 fully saturated rings. The van der Waals surface area contributed by atoms with Crippen molar-refractivity contribution in [3.8, 4) is 5.75 Å². The first-order valence-corrected chi connectivity index (χ1v) is 7.53. The van der Waals surface area contributed by atoms with E-state index in [1.807, 2.05) is 30.3 Å². The summed E-state index contributed by atoms with van der Waals surface area (Å²) in [5, 5.41) is 5.01. The van der Waals surface area contributed by atoms with E-state index in [2.05, 4.69) is 15.6 Å². The molecule has 1 heterocycles. The molecule has 1 aromatic carbocycles. The molecule has 0 atom stereocenters. The normalized spacial score (nSPS) is 9.92. The average molecular weight is 350 g/mol. The van der Waals surface area contributed by atoms with E-state index in [-0.39, 0.29) is 24.0 Å². The maximum absolute atomic E-state index is 11.9. The Bertz CT molecular complexity index is 710. The molecule has 8 heteroatoms. The summed E-state index contributed by atoms with van der Waals surface area (Å²) in [7, 11) is 1.46. The van der Waals surface area contributed by atoms with Crippen molar-refractivity contribution in [3.63, 3.8) is 0 Å². The number of nitrogens with one attached hydrogen (secondary N) is 2. The number of carbonyl (C=O) groups excluding carboxylic acids is 2. The van der Waals surface area contributed by atoms with Crippen LogP contribution >= 0.6 is 11.6 Å². The highest BCUT2D eigenvalue weighted by molar-refractivity contribution is 6.29. The van der Waals surface area contributed by atoms with E-state index in [0.717, 1.165) is 5.56 Å². The van der Waals surface area contributed by atoms with Crippen LogP contribution in [-0.2, 0) is 16.1 Å². The lowest BCUT2D eigenvalue weighted by atomic mass is 10.2. The number of hydrogen-bond acceptors (Lipinski definition) is 5. The van der Waals surface area contributed by atoms with Crippen molar-refractivity contribution >= 4 is 35.1 Å². The summed E-state index contributed by atoms with van der Waals surface area (Å²) in [6.45, 7) is 0.117. The zero-order chi connectivity index (χ0) is 17.4. The number of anilines is 2. The monoisotopic (exact) mass is 349 g/mol. The van der Waals surface area contributed by atoms with Crippen molar-refractivity contribution < 1.29 is 19.1 Å². The highest BCUT2D eigenvalue weighted by Gasteiger charge is 2.13. The van der Waals surface area contributed by atoms with Crippen LogP contribution in [0, 0.1) is 0 Å². The van der Waals surface area contributed by atoms with Crippen molar-refractivity contribution in [2.75, 3.05) is 23.6 Å². The quantitative estimate of drug-likeness (QED) is 0.782. The SMILES string of the molecule is COc1cnc(NC(=O)OCc2ccccc2)c(NC(=O)CCl)c1. The van der Waals surface area contributed by atoms with Gasteiger partial charge in [-0.25, -0.2) is 9.78 Å². The first-order valence-electron chi connectivity index (χ1n) is 7.00. The molecule has 0 aliphatic heterocycles. The Morgan fingerprint density at radius 3 is 2.62 bits per heavy atom. The van der Waals surface area contributed by atoms with Crippen LogP contribution < -0.4 is 15.4 Å². The van der Waals surface area contributed by atoms with Gasteiger partial charge >= 0.3 is 6.09 Å². The number of pyridine rings is 1. The van der Waals surface area contributed by atoms with Gasteiger partial charge in [-0.3, -0.25) is 10.1 Å². The maximum Gasteiger partial charge on any atom is 0.413 e. The minimum absolute atomic E-state index is 0.117. The van der Waals surface area contributed by atoms with Gasteiger partial charge in [0.2, 0.25) is 5.91 Å². The van der Waals surface area contributed by atoms with Gasteiger partial charge in [0, 0.05) is 6.07 Å². The molecular formula is C16H16ClN3O4. The van der Waals surface area contributed by atoms with Crippen molar-refractivity contribution in [2.24, 2.45) is 0 Å². The number of nitrogens with zero attached hydrogens (tertiary/aromatic N) is 1. The number of hydrogen-bond donors (Lipinski definition) is 2. The predicted molar refractivity (Wildman–Crippen MR) is 90.4 cm³/mol. The van der Waals surface area contributed by atoms with Crippen LogP contribution in [0.25, 0.3) is 0 Å². The molecule has 126 valence electrons. The van der Waals surface area contributed by atoms with Gasteiger partial charge in [0.25, 0.3) is 0 Å². The number of methoxy groups -OCH3 is 1. The standard InChI is InChI=1S/C16H16ClN3O4/c1-23-12-7-13(19-14(21)8-17)15(18-9-12)20-16(22)24-10-11-5-3-2-4-6-11/h2-7,9H,8,10H2,1H3,(H,19,21)(H,18,20,22). The van der Waals surface area contributed by atoms with Gasteiger partial charge in [-0.2, -0.15) is 0 Å². The third kappa shape index (κ3) is 5.13. The lowest BCUT2D eigenvalue weighted by molar-refractivity contribution is -0.113. The molecule has 7 nitrogen and oxygen atoms in total. The number of alkyl halides is 1. The Hall–Kier alpha value is -2.80. The highest BCUT2D eigenvalue weighted by Crippen LogP contribution is 2.24. The molecule has 0 aliphatic rings. The van der Waals surface area contributed by atoms with Crippen LogP contribution in [0.5, 0.6) is 5.75 Å². The third-order valence-electron chi connectivity index (χ3n) is 2.93. The minimum Gasteiger partial charge on any atom is -0.495 e. The number of amides is 2. The number of aromatic nitrogens is 1. The van der Waals surface area contributed by atoms with Gasteiger partial charge in [-0.1, -0.05) is 30.3 Å². The summed E-state index contributed by atoms with van der Waals surface area (Å²) in [5.41, 5.74) is 1.11. The molecule has 0 unspecified atom stereocenters. The molecule has 0 bridgehead atoms. The van der Waals surface area contributed by atoms with Crippen molar-refractivity contribution in [2.45, 2.75) is 6.61 Å². The summed E-state index contributed by atoms with van der Waals surface area (Å²) in [6.07, 6.45) is 0.710. The van der Waals surface area contributed by atoms with E-state index in [9.17, 15) is 9.59 Å².